The summed E-state index contributed by atoms with van der Waals surface area (Å²) >= 11 is 1.42. The first-order chi connectivity index (χ1) is 13.0. The number of ether oxygens (including phenoxy) is 2. The highest BCUT2D eigenvalue weighted by Crippen LogP contribution is 2.34. The van der Waals surface area contributed by atoms with Gasteiger partial charge in [0.05, 0.1) is 20.3 Å². The highest BCUT2D eigenvalue weighted by molar-refractivity contribution is 7.13. The van der Waals surface area contributed by atoms with Crippen LogP contribution in [0.5, 0.6) is 11.5 Å². The van der Waals surface area contributed by atoms with Crippen LogP contribution in [0.1, 0.15) is 29.0 Å². The molecule has 140 valence electrons. The molecule has 1 amide bonds. The Labute approximate surface area is 162 Å². The molecule has 1 atom stereocenters. The molecule has 2 aromatic heterocycles. The van der Waals surface area contributed by atoms with E-state index in [0.29, 0.717) is 17.2 Å². The molecule has 27 heavy (non-hydrogen) atoms. The average molecular weight is 383 g/mol. The summed E-state index contributed by atoms with van der Waals surface area (Å²) in [6, 6.07) is 9.32. The number of pyridine rings is 1. The van der Waals surface area contributed by atoms with Crippen LogP contribution in [0.15, 0.2) is 48.1 Å². The molecule has 0 bridgehead atoms. The monoisotopic (exact) mass is 383 g/mol. The van der Waals surface area contributed by atoms with Gasteiger partial charge in [0, 0.05) is 30.4 Å². The van der Waals surface area contributed by atoms with E-state index in [1.54, 1.807) is 43.9 Å². The molecule has 1 unspecified atom stereocenters. The Kier molecular flexibility index (Phi) is 5.71. The highest BCUT2D eigenvalue weighted by Gasteiger charge is 2.21. The summed E-state index contributed by atoms with van der Waals surface area (Å²) in [6.07, 6.45) is 3.45. The van der Waals surface area contributed by atoms with Crippen molar-refractivity contribution in [1.82, 2.24) is 14.9 Å². The second kappa shape index (κ2) is 8.18. The second-order valence-corrected chi connectivity index (χ2v) is 6.84. The van der Waals surface area contributed by atoms with Crippen molar-refractivity contribution in [2.24, 2.45) is 0 Å². The van der Waals surface area contributed by atoms with E-state index in [9.17, 15) is 4.79 Å². The Morgan fingerprint density at radius 1 is 1.11 bits per heavy atom. The third kappa shape index (κ3) is 3.93. The fraction of sp³-hybridized carbons (Fsp3) is 0.250. The van der Waals surface area contributed by atoms with E-state index in [1.807, 2.05) is 37.3 Å². The number of thiazole rings is 1. The van der Waals surface area contributed by atoms with Crippen LogP contribution in [0.2, 0.25) is 0 Å². The van der Waals surface area contributed by atoms with Gasteiger partial charge in [-0.15, -0.1) is 11.3 Å². The maximum absolute atomic E-state index is 12.8. The third-order valence-corrected chi connectivity index (χ3v) is 5.33. The van der Waals surface area contributed by atoms with E-state index in [1.165, 1.54) is 11.3 Å². The number of methoxy groups -OCH3 is 2. The van der Waals surface area contributed by atoms with E-state index >= 15 is 0 Å². The topological polar surface area (TPSA) is 64.5 Å². The van der Waals surface area contributed by atoms with Crippen molar-refractivity contribution in [1.29, 1.82) is 0 Å². The van der Waals surface area contributed by atoms with Crippen molar-refractivity contribution in [2.45, 2.75) is 13.0 Å². The summed E-state index contributed by atoms with van der Waals surface area (Å²) in [7, 11) is 4.97. The number of hydrogen-bond acceptors (Lipinski definition) is 6. The molecule has 0 spiro atoms. The van der Waals surface area contributed by atoms with Crippen LogP contribution in [0.25, 0.3) is 10.6 Å². The van der Waals surface area contributed by atoms with Gasteiger partial charge in [-0.1, -0.05) is 0 Å². The summed E-state index contributed by atoms with van der Waals surface area (Å²) in [5, 5.41) is 2.54. The third-order valence-electron chi connectivity index (χ3n) is 4.44. The van der Waals surface area contributed by atoms with Gasteiger partial charge in [0.1, 0.15) is 10.7 Å². The van der Waals surface area contributed by atoms with Crippen molar-refractivity contribution < 1.29 is 14.3 Å². The largest absolute Gasteiger partial charge is 0.493 e. The Hall–Kier alpha value is -2.93. The van der Waals surface area contributed by atoms with Crippen molar-refractivity contribution in [2.75, 3.05) is 21.3 Å². The maximum atomic E-state index is 12.8. The molecule has 0 aliphatic rings. The lowest BCUT2D eigenvalue weighted by Crippen LogP contribution is -2.29. The van der Waals surface area contributed by atoms with Gasteiger partial charge >= 0.3 is 0 Å². The minimum Gasteiger partial charge on any atom is -0.493 e. The molecule has 1 aromatic carbocycles. The number of carbonyl (C=O) groups is 1. The Morgan fingerprint density at radius 2 is 1.81 bits per heavy atom. The van der Waals surface area contributed by atoms with Gasteiger partial charge in [-0.3, -0.25) is 9.78 Å². The smallest absolute Gasteiger partial charge is 0.273 e. The first kappa shape index (κ1) is 18.8. The number of hydrogen-bond donors (Lipinski definition) is 0. The molecular weight excluding hydrogens is 362 g/mol. The number of aromatic nitrogens is 2. The molecule has 0 fully saturated rings. The summed E-state index contributed by atoms with van der Waals surface area (Å²) < 4.78 is 10.6. The molecule has 2 heterocycles. The van der Waals surface area contributed by atoms with E-state index in [2.05, 4.69) is 9.97 Å². The molecule has 3 aromatic rings. The number of benzene rings is 1. The predicted octanol–water partition coefficient (Wildman–Crippen LogP) is 4.06. The fourth-order valence-corrected chi connectivity index (χ4v) is 3.49. The minimum atomic E-state index is -0.123. The highest BCUT2D eigenvalue weighted by atomic mass is 32.1. The first-order valence-corrected chi connectivity index (χ1v) is 9.28. The summed E-state index contributed by atoms with van der Waals surface area (Å²) in [4.78, 5) is 23.1. The van der Waals surface area contributed by atoms with E-state index < -0.39 is 0 Å². The van der Waals surface area contributed by atoms with Gasteiger partial charge < -0.3 is 14.4 Å². The van der Waals surface area contributed by atoms with Crippen LogP contribution >= 0.6 is 11.3 Å². The van der Waals surface area contributed by atoms with Gasteiger partial charge in [0.25, 0.3) is 5.91 Å². The molecule has 6 nitrogen and oxygen atoms in total. The number of amides is 1. The molecule has 0 aliphatic heterocycles. The number of rotatable bonds is 6. The molecule has 0 saturated heterocycles. The molecule has 0 aliphatic carbocycles. The zero-order valence-corrected chi connectivity index (χ0v) is 16.5. The molecule has 0 N–H and O–H groups in total. The van der Waals surface area contributed by atoms with Crippen molar-refractivity contribution in [3.63, 3.8) is 0 Å². The lowest BCUT2D eigenvalue weighted by molar-refractivity contribution is 0.0737. The second-order valence-electron chi connectivity index (χ2n) is 5.98. The quantitative estimate of drug-likeness (QED) is 0.642. The normalized spacial score (nSPS) is 11.7. The van der Waals surface area contributed by atoms with E-state index in [4.69, 9.17) is 9.47 Å². The van der Waals surface area contributed by atoms with Gasteiger partial charge in [-0.2, -0.15) is 0 Å². The molecule has 7 heteroatoms. The Balaban J connectivity index is 1.82. The molecule has 3 rings (SSSR count). The zero-order chi connectivity index (χ0) is 19.4. The minimum absolute atomic E-state index is 0.0771. The number of nitrogens with zero attached hydrogens (tertiary/aromatic N) is 3. The van der Waals surface area contributed by atoms with Crippen LogP contribution in [-0.4, -0.2) is 42.0 Å². The predicted molar refractivity (Wildman–Crippen MR) is 105 cm³/mol. The van der Waals surface area contributed by atoms with Crippen molar-refractivity contribution in [3.8, 4) is 22.1 Å². The molecule has 0 radical (unpaired) electrons. The summed E-state index contributed by atoms with van der Waals surface area (Å²) in [5.41, 5.74) is 2.32. The van der Waals surface area contributed by atoms with Gasteiger partial charge in [0.15, 0.2) is 11.5 Å². The van der Waals surface area contributed by atoms with E-state index in [0.717, 1.165) is 16.1 Å². The summed E-state index contributed by atoms with van der Waals surface area (Å²) in [5.74, 6) is 1.16. The standard InChI is InChI=1S/C20H21N3O3S/c1-13(14-7-9-21-10-8-14)23(2)20(24)16-12-27-19(22-16)15-5-6-17(25-3)18(11-15)26-4/h5-13H,1-4H3. The maximum Gasteiger partial charge on any atom is 0.273 e. The van der Waals surface area contributed by atoms with Crippen molar-refractivity contribution >= 4 is 17.2 Å². The van der Waals surface area contributed by atoms with Gasteiger partial charge in [0.2, 0.25) is 0 Å². The molecule has 0 saturated carbocycles. The zero-order valence-electron chi connectivity index (χ0n) is 15.7. The van der Waals surface area contributed by atoms with Gasteiger partial charge in [-0.25, -0.2) is 4.98 Å². The van der Waals surface area contributed by atoms with E-state index in [-0.39, 0.29) is 11.9 Å². The van der Waals surface area contributed by atoms with Crippen LogP contribution in [0.3, 0.4) is 0 Å². The van der Waals surface area contributed by atoms with Crippen molar-refractivity contribution in [3.05, 3.63) is 59.4 Å². The Bertz CT molecular complexity index is 927. The number of carbonyl (C=O) groups excluding carboxylic acids is 1. The lowest BCUT2D eigenvalue weighted by Gasteiger charge is -2.24. The van der Waals surface area contributed by atoms with Crippen LogP contribution in [-0.2, 0) is 0 Å². The average Bonchev–Trinajstić information content (AvgIpc) is 3.22. The van der Waals surface area contributed by atoms with Crippen LogP contribution in [0.4, 0.5) is 0 Å². The lowest BCUT2D eigenvalue weighted by atomic mass is 10.1. The van der Waals surface area contributed by atoms with Crippen LogP contribution in [0, 0.1) is 0 Å². The molecular formula is C20H21N3O3S. The first-order valence-electron chi connectivity index (χ1n) is 8.40. The van der Waals surface area contributed by atoms with Gasteiger partial charge in [-0.05, 0) is 42.8 Å². The fourth-order valence-electron chi connectivity index (χ4n) is 2.70. The SMILES string of the molecule is COc1ccc(-c2nc(C(=O)N(C)C(C)c3ccncc3)cs2)cc1OC. The summed E-state index contributed by atoms with van der Waals surface area (Å²) in [6.45, 7) is 1.98. The Morgan fingerprint density at radius 3 is 2.48 bits per heavy atom. The van der Waals surface area contributed by atoms with Crippen LogP contribution < -0.4 is 9.47 Å².